The third-order valence-corrected chi connectivity index (χ3v) is 12.0. The smallest absolute Gasteiger partial charge is 0.429 e. The number of benzene rings is 6. The van der Waals surface area contributed by atoms with Gasteiger partial charge in [-0.05, 0) is 33.4 Å². The highest BCUT2D eigenvalue weighted by molar-refractivity contribution is 6.72. The minimum absolute atomic E-state index is 0.0187. The maximum Gasteiger partial charge on any atom is 0.604 e. The van der Waals surface area contributed by atoms with Crippen LogP contribution >= 0.6 is 0 Å². The molecule has 246 valence electrons. The molecule has 0 saturated carbocycles. The molecule has 0 amide bonds. The van der Waals surface area contributed by atoms with Gasteiger partial charge in [0.25, 0.3) is 0 Å². The van der Waals surface area contributed by atoms with Crippen LogP contribution in [0.25, 0.3) is 0 Å². The summed E-state index contributed by atoms with van der Waals surface area (Å²) in [5.74, 6) is 0. The molecule has 0 N–H and O–H groups in total. The molecule has 0 atom stereocenters. The quantitative estimate of drug-likeness (QED) is 0.104. The van der Waals surface area contributed by atoms with Gasteiger partial charge in [-0.15, -0.1) is 0 Å². The SMILES string of the molecule is c1ccc(C([Si]OB2OB(O[Si]C(c3ccccc3)c3ccccc3)OB(O[Si]C(c3ccccc3)c3ccccc3)O2)c2ccccc2)cc1. The Morgan fingerprint density at radius 3 is 0.647 bits per heavy atom. The standard InChI is InChI=1S/C39H33B3O6Si3/c1-7-19-31(20-8-1)37(32-21-9-2-10-22-32)49-46-40-43-41(47-50-38(33-23-11-3-12-24-33)34-25-13-4-14-26-34)45-42(44-40)48-51-39(35-27-15-5-16-28-35)36-29-17-6-18-30-36/h1-30,37-39H. The molecule has 0 bridgehead atoms. The van der Waals surface area contributed by atoms with E-state index in [1.807, 2.05) is 109 Å². The second kappa shape index (κ2) is 18.4. The van der Waals surface area contributed by atoms with Crippen LogP contribution in [0.3, 0.4) is 0 Å². The number of rotatable bonds is 15. The van der Waals surface area contributed by atoms with Crippen LogP contribution in [0.2, 0.25) is 0 Å². The summed E-state index contributed by atoms with van der Waals surface area (Å²) in [6.45, 7) is 0. The molecule has 0 unspecified atom stereocenters. The molecule has 12 heteroatoms. The fourth-order valence-corrected chi connectivity index (χ4v) is 8.81. The van der Waals surface area contributed by atoms with Crippen LogP contribution in [0.1, 0.15) is 50.0 Å². The van der Waals surface area contributed by atoms with Gasteiger partial charge < -0.3 is 26.7 Å². The van der Waals surface area contributed by atoms with Gasteiger partial charge in [-0.2, -0.15) is 0 Å². The monoisotopic (exact) mass is 714 g/mol. The van der Waals surface area contributed by atoms with Crippen molar-refractivity contribution in [2.45, 2.75) is 16.6 Å². The van der Waals surface area contributed by atoms with Crippen LogP contribution in [0.4, 0.5) is 0 Å². The molecule has 1 saturated heterocycles. The Bertz CT molecular complexity index is 1530. The van der Waals surface area contributed by atoms with Gasteiger partial charge in [-0.1, -0.05) is 182 Å². The van der Waals surface area contributed by atoms with E-state index in [-0.39, 0.29) is 45.9 Å². The van der Waals surface area contributed by atoms with E-state index in [1.165, 1.54) is 0 Å². The molecular weight excluding hydrogens is 681 g/mol. The van der Waals surface area contributed by atoms with Crippen LogP contribution in [-0.2, 0) is 26.7 Å². The van der Waals surface area contributed by atoms with E-state index in [0.29, 0.717) is 0 Å². The van der Waals surface area contributed by atoms with Crippen molar-refractivity contribution in [2.24, 2.45) is 0 Å². The fraction of sp³-hybridized carbons (Fsp3) is 0.0769. The Kier molecular flexibility index (Phi) is 12.8. The van der Waals surface area contributed by atoms with E-state index in [4.69, 9.17) is 26.7 Å². The van der Waals surface area contributed by atoms with Crippen LogP contribution < -0.4 is 0 Å². The van der Waals surface area contributed by atoms with Crippen LogP contribution in [-0.4, -0.2) is 51.3 Å². The lowest BCUT2D eigenvalue weighted by atomic mass is 9.98. The highest BCUT2D eigenvalue weighted by Crippen LogP contribution is 2.28. The molecule has 6 radical (unpaired) electrons. The molecule has 7 rings (SSSR count). The molecule has 1 aliphatic heterocycles. The predicted octanol–water partition coefficient (Wildman–Crippen LogP) is 7.28. The van der Waals surface area contributed by atoms with Gasteiger partial charge in [0.2, 0.25) is 29.3 Å². The fourth-order valence-electron chi connectivity index (χ4n) is 5.76. The Balaban J connectivity index is 1.10. The summed E-state index contributed by atoms with van der Waals surface area (Å²) in [6.07, 6.45) is 0. The summed E-state index contributed by atoms with van der Waals surface area (Å²) >= 11 is 0. The molecule has 1 aliphatic rings. The van der Waals surface area contributed by atoms with Gasteiger partial charge in [-0.25, -0.2) is 0 Å². The molecular formula is C39H33B3O6Si3. The lowest BCUT2D eigenvalue weighted by Crippen LogP contribution is -2.54. The molecule has 6 aromatic carbocycles. The topological polar surface area (TPSA) is 55.4 Å². The average molecular weight is 714 g/mol. The Hall–Kier alpha value is -4.07. The van der Waals surface area contributed by atoms with Crippen LogP contribution in [0.5, 0.6) is 0 Å². The molecule has 6 nitrogen and oxygen atoms in total. The van der Waals surface area contributed by atoms with E-state index in [1.54, 1.807) is 0 Å². The number of hydrogen-bond donors (Lipinski definition) is 0. The molecule has 51 heavy (non-hydrogen) atoms. The van der Waals surface area contributed by atoms with Gasteiger partial charge in [0, 0.05) is 16.6 Å². The van der Waals surface area contributed by atoms with Gasteiger partial charge in [-0.3, -0.25) is 0 Å². The van der Waals surface area contributed by atoms with Crippen molar-refractivity contribution in [3.05, 3.63) is 215 Å². The lowest BCUT2D eigenvalue weighted by molar-refractivity contribution is 0.148. The largest absolute Gasteiger partial charge is 0.604 e. The van der Waals surface area contributed by atoms with Gasteiger partial charge in [0.1, 0.15) is 0 Å². The van der Waals surface area contributed by atoms with Crippen LogP contribution in [0.15, 0.2) is 182 Å². The van der Waals surface area contributed by atoms with Gasteiger partial charge >= 0.3 is 22.0 Å². The molecule has 0 spiro atoms. The highest BCUT2D eigenvalue weighted by atomic mass is 28.2. The zero-order valence-electron chi connectivity index (χ0n) is 27.7. The molecule has 6 aromatic rings. The molecule has 0 aromatic heterocycles. The van der Waals surface area contributed by atoms with Crippen LogP contribution in [0, 0.1) is 0 Å². The van der Waals surface area contributed by atoms with Crippen molar-refractivity contribution in [3.63, 3.8) is 0 Å². The summed E-state index contributed by atoms with van der Waals surface area (Å²) in [5, 5.41) is 0. The first-order chi connectivity index (χ1) is 25.3. The van der Waals surface area contributed by atoms with E-state index in [0.717, 1.165) is 33.4 Å². The van der Waals surface area contributed by atoms with Crippen molar-refractivity contribution in [2.75, 3.05) is 0 Å². The van der Waals surface area contributed by atoms with Crippen molar-refractivity contribution < 1.29 is 26.7 Å². The van der Waals surface area contributed by atoms with Crippen molar-refractivity contribution in [3.8, 4) is 0 Å². The summed E-state index contributed by atoms with van der Waals surface area (Å²) < 4.78 is 37.8. The normalized spacial score (nSPS) is 13.4. The molecule has 1 heterocycles. The zero-order valence-corrected chi connectivity index (χ0v) is 30.7. The minimum atomic E-state index is -1.09. The predicted molar refractivity (Wildman–Crippen MR) is 205 cm³/mol. The van der Waals surface area contributed by atoms with Gasteiger partial charge in [0.05, 0.1) is 0 Å². The summed E-state index contributed by atoms with van der Waals surface area (Å²) in [6, 6.07) is 61.9. The summed E-state index contributed by atoms with van der Waals surface area (Å²) in [7, 11) is -3.32. The third-order valence-electron chi connectivity index (χ3n) is 8.31. The third kappa shape index (κ3) is 9.83. The first kappa shape index (κ1) is 35.3. The maximum atomic E-state index is 6.42. The van der Waals surface area contributed by atoms with E-state index < -0.39 is 22.0 Å². The van der Waals surface area contributed by atoms with E-state index >= 15 is 0 Å². The summed E-state index contributed by atoms with van der Waals surface area (Å²) in [5.41, 5.74) is 6.77. The van der Waals surface area contributed by atoms with Crippen molar-refractivity contribution >= 4 is 51.3 Å². The highest BCUT2D eigenvalue weighted by Gasteiger charge is 2.47. The van der Waals surface area contributed by atoms with E-state index in [9.17, 15) is 0 Å². The first-order valence-corrected chi connectivity index (χ1v) is 19.8. The second-order valence-electron chi connectivity index (χ2n) is 11.7. The van der Waals surface area contributed by atoms with E-state index in [2.05, 4.69) is 72.8 Å². The Morgan fingerprint density at radius 1 is 0.294 bits per heavy atom. The summed E-state index contributed by atoms with van der Waals surface area (Å²) in [4.78, 5) is 0. The Morgan fingerprint density at radius 2 is 0.471 bits per heavy atom. The molecule has 1 fully saturated rings. The van der Waals surface area contributed by atoms with Crippen molar-refractivity contribution in [1.29, 1.82) is 0 Å². The zero-order chi connectivity index (χ0) is 34.5. The minimum Gasteiger partial charge on any atom is -0.429 e. The Labute approximate surface area is 308 Å². The lowest BCUT2D eigenvalue weighted by Gasteiger charge is -2.30. The maximum absolute atomic E-state index is 6.42. The first-order valence-electron chi connectivity index (χ1n) is 16.8. The van der Waals surface area contributed by atoms with Gasteiger partial charge in [0.15, 0.2) is 0 Å². The number of hydrogen-bond acceptors (Lipinski definition) is 6. The molecule has 0 aliphatic carbocycles. The average Bonchev–Trinajstić information content (AvgIpc) is 3.21. The van der Waals surface area contributed by atoms with Crippen molar-refractivity contribution in [1.82, 2.24) is 0 Å². The second-order valence-corrected chi connectivity index (χ2v) is 14.9.